The summed E-state index contributed by atoms with van der Waals surface area (Å²) in [4.78, 5) is 0. The van der Waals surface area contributed by atoms with Gasteiger partial charge < -0.3 is 4.57 Å². The molecular weight excluding hydrogens is 254 g/mol. The number of hydrogen-bond acceptors (Lipinski definition) is 0. The second-order valence-electron chi connectivity index (χ2n) is 4.99. The highest BCUT2D eigenvalue weighted by Crippen LogP contribution is 2.29. The Morgan fingerprint density at radius 1 is 1.10 bits per heavy atom. The molecule has 0 unspecified atom stereocenters. The van der Waals surface area contributed by atoms with Crippen LogP contribution in [0.2, 0.25) is 0 Å². The fourth-order valence-corrected chi connectivity index (χ4v) is 2.77. The zero-order chi connectivity index (χ0) is 15.2. The largest absolute Gasteiger partial charge is 0.310 e. The molecule has 21 heavy (non-hydrogen) atoms. The smallest absolute Gasteiger partial charge is 0.0494 e. The van der Waals surface area contributed by atoms with E-state index in [4.69, 9.17) is 0 Å². The summed E-state index contributed by atoms with van der Waals surface area (Å²) in [5.41, 5.74) is 6.43. The Morgan fingerprint density at radius 3 is 2.38 bits per heavy atom. The van der Waals surface area contributed by atoms with Crippen molar-refractivity contribution < 1.29 is 0 Å². The minimum Gasteiger partial charge on any atom is -0.310 e. The lowest BCUT2D eigenvalue weighted by atomic mass is 10.1. The summed E-state index contributed by atoms with van der Waals surface area (Å²) in [6.45, 7) is 10.3. The fourth-order valence-electron chi connectivity index (χ4n) is 2.77. The number of hydrogen-bond donors (Lipinski definition) is 0. The number of benzene rings is 1. The maximum absolute atomic E-state index is 3.78. The molecule has 0 amide bonds. The van der Waals surface area contributed by atoms with Crippen molar-refractivity contribution in [3.05, 3.63) is 77.7 Å². The molecule has 108 valence electrons. The third-order valence-electron chi connectivity index (χ3n) is 3.71. The van der Waals surface area contributed by atoms with E-state index in [0.29, 0.717) is 0 Å². The van der Waals surface area contributed by atoms with Gasteiger partial charge in [-0.1, -0.05) is 49.9 Å². The summed E-state index contributed by atoms with van der Waals surface area (Å²) >= 11 is 0. The predicted octanol–water partition coefficient (Wildman–Crippen LogP) is 5.58. The molecule has 1 heterocycles. The first kappa shape index (κ1) is 15.1. The molecular formula is C20H23N. The molecule has 0 radical (unpaired) electrons. The van der Waals surface area contributed by atoms with E-state index in [1.54, 1.807) is 0 Å². The Labute approximate surface area is 127 Å². The van der Waals surface area contributed by atoms with Crippen LogP contribution in [-0.2, 0) is 6.42 Å². The molecule has 2 aromatic rings. The number of para-hydroxylation sites is 1. The summed E-state index contributed by atoms with van der Waals surface area (Å²) in [7, 11) is 0. The molecule has 0 aliphatic rings. The van der Waals surface area contributed by atoms with Crippen LogP contribution in [0.3, 0.4) is 0 Å². The van der Waals surface area contributed by atoms with Gasteiger partial charge in [0.15, 0.2) is 0 Å². The summed E-state index contributed by atoms with van der Waals surface area (Å²) in [5, 5.41) is 0. The molecule has 1 aromatic heterocycles. The van der Waals surface area contributed by atoms with Crippen molar-refractivity contribution in [2.75, 3.05) is 0 Å². The van der Waals surface area contributed by atoms with Crippen LogP contribution in [0, 0.1) is 6.92 Å². The van der Waals surface area contributed by atoms with Gasteiger partial charge in [0.1, 0.15) is 0 Å². The first-order chi connectivity index (χ1) is 10.2. The molecule has 0 saturated carbocycles. The SMILES string of the molecule is C=C/C=C\c1c(C)c(CC)c(/C=C\C)n1-c1ccccc1. The molecule has 1 aromatic carbocycles. The van der Waals surface area contributed by atoms with Crippen molar-refractivity contribution in [2.24, 2.45) is 0 Å². The van der Waals surface area contributed by atoms with Gasteiger partial charge in [0.05, 0.1) is 0 Å². The second-order valence-corrected chi connectivity index (χ2v) is 4.99. The molecule has 1 heteroatoms. The van der Waals surface area contributed by atoms with Gasteiger partial charge in [-0.05, 0) is 55.7 Å². The standard InChI is InChI=1S/C20H23N/c1-5-8-15-19-16(4)18(7-3)20(12-6-2)21(19)17-13-10-9-11-14-17/h5-6,8-15H,1,7H2,2-4H3/b12-6-,15-8-. The number of aromatic nitrogens is 1. The summed E-state index contributed by atoms with van der Waals surface area (Å²) in [6, 6.07) is 10.5. The highest BCUT2D eigenvalue weighted by Gasteiger charge is 2.16. The third kappa shape index (κ3) is 2.92. The molecule has 0 spiro atoms. The highest BCUT2D eigenvalue weighted by molar-refractivity contribution is 5.67. The van der Waals surface area contributed by atoms with Crippen molar-refractivity contribution in [3.63, 3.8) is 0 Å². The topological polar surface area (TPSA) is 4.93 Å². The first-order valence-electron chi connectivity index (χ1n) is 7.46. The molecule has 0 bridgehead atoms. The average Bonchev–Trinajstić information content (AvgIpc) is 2.78. The highest BCUT2D eigenvalue weighted by atomic mass is 15.0. The Balaban J connectivity index is 2.80. The van der Waals surface area contributed by atoms with Crippen LogP contribution in [0.1, 0.15) is 36.4 Å². The van der Waals surface area contributed by atoms with Crippen LogP contribution in [0.4, 0.5) is 0 Å². The van der Waals surface area contributed by atoms with Crippen LogP contribution in [0.15, 0.2) is 55.1 Å². The third-order valence-corrected chi connectivity index (χ3v) is 3.71. The normalized spacial score (nSPS) is 11.6. The van der Waals surface area contributed by atoms with E-state index in [9.17, 15) is 0 Å². The van der Waals surface area contributed by atoms with Crippen molar-refractivity contribution in [1.29, 1.82) is 0 Å². The second kappa shape index (κ2) is 6.94. The van der Waals surface area contributed by atoms with E-state index >= 15 is 0 Å². The van der Waals surface area contributed by atoms with Gasteiger partial charge in [-0.15, -0.1) is 0 Å². The number of rotatable bonds is 5. The number of nitrogens with zero attached hydrogens (tertiary/aromatic N) is 1. The quantitative estimate of drug-likeness (QED) is 0.629. The lowest BCUT2D eigenvalue weighted by molar-refractivity contribution is 1.02. The van der Waals surface area contributed by atoms with E-state index < -0.39 is 0 Å². The Morgan fingerprint density at radius 2 is 1.81 bits per heavy atom. The minimum atomic E-state index is 1.03. The van der Waals surface area contributed by atoms with Crippen LogP contribution < -0.4 is 0 Å². The van der Waals surface area contributed by atoms with Gasteiger partial charge >= 0.3 is 0 Å². The van der Waals surface area contributed by atoms with Gasteiger partial charge in [0, 0.05) is 17.1 Å². The summed E-state index contributed by atoms with van der Waals surface area (Å²) in [6.07, 6.45) is 11.3. The maximum Gasteiger partial charge on any atom is 0.0494 e. The fraction of sp³-hybridized carbons (Fsp3) is 0.200. The van der Waals surface area contributed by atoms with Gasteiger partial charge in [0.25, 0.3) is 0 Å². The van der Waals surface area contributed by atoms with Crippen LogP contribution in [0.25, 0.3) is 17.8 Å². The lowest BCUT2D eigenvalue weighted by Crippen LogP contribution is -1.99. The van der Waals surface area contributed by atoms with Crippen LogP contribution >= 0.6 is 0 Å². The minimum absolute atomic E-state index is 1.03. The Hall–Kier alpha value is -2.28. The van der Waals surface area contributed by atoms with E-state index in [-0.39, 0.29) is 0 Å². The summed E-state index contributed by atoms with van der Waals surface area (Å²) in [5.74, 6) is 0. The molecule has 0 aliphatic carbocycles. The molecule has 0 fully saturated rings. The summed E-state index contributed by atoms with van der Waals surface area (Å²) < 4.78 is 2.33. The van der Waals surface area contributed by atoms with E-state index in [2.05, 4.69) is 80.5 Å². The lowest BCUT2D eigenvalue weighted by Gasteiger charge is -2.10. The van der Waals surface area contributed by atoms with E-state index in [1.165, 1.54) is 28.2 Å². The van der Waals surface area contributed by atoms with Crippen molar-refractivity contribution in [3.8, 4) is 5.69 Å². The van der Waals surface area contributed by atoms with Gasteiger partial charge in [-0.25, -0.2) is 0 Å². The number of allylic oxidation sites excluding steroid dienone is 3. The Kier molecular flexibility index (Phi) is 4.99. The molecule has 0 aliphatic heterocycles. The van der Waals surface area contributed by atoms with Crippen molar-refractivity contribution >= 4 is 12.2 Å². The molecule has 0 N–H and O–H groups in total. The first-order valence-corrected chi connectivity index (χ1v) is 7.46. The molecule has 1 nitrogen and oxygen atoms in total. The van der Waals surface area contributed by atoms with Crippen LogP contribution in [0.5, 0.6) is 0 Å². The Bertz CT molecular complexity index is 670. The molecule has 2 rings (SSSR count). The monoisotopic (exact) mass is 277 g/mol. The van der Waals surface area contributed by atoms with Gasteiger partial charge in [-0.3, -0.25) is 0 Å². The average molecular weight is 277 g/mol. The molecule has 0 atom stereocenters. The molecule has 0 saturated heterocycles. The van der Waals surface area contributed by atoms with Crippen molar-refractivity contribution in [1.82, 2.24) is 4.57 Å². The zero-order valence-corrected chi connectivity index (χ0v) is 13.1. The maximum atomic E-state index is 3.78. The van der Waals surface area contributed by atoms with Gasteiger partial charge in [0.2, 0.25) is 0 Å². The predicted molar refractivity (Wildman–Crippen MR) is 93.8 cm³/mol. The van der Waals surface area contributed by atoms with Crippen molar-refractivity contribution in [2.45, 2.75) is 27.2 Å². The van der Waals surface area contributed by atoms with Crippen LogP contribution in [-0.4, -0.2) is 4.57 Å². The van der Waals surface area contributed by atoms with Gasteiger partial charge in [-0.2, -0.15) is 0 Å². The van der Waals surface area contributed by atoms with E-state index in [0.717, 1.165) is 6.42 Å². The van der Waals surface area contributed by atoms with E-state index in [1.807, 2.05) is 12.2 Å². The zero-order valence-electron chi connectivity index (χ0n) is 13.1.